The lowest BCUT2D eigenvalue weighted by Crippen LogP contribution is -2.40. The van der Waals surface area contributed by atoms with Crippen LogP contribution in [0.2, 0.25) is 0 Å². The Labute approximate surface area is 122 Å². The Balaban J connectivity index is 0.00000162. The molecule has 0 saturated carbocycles. The smallest absolute Gasteiger partial charge is 0.124 e. The highest BCUT2D eigenvalue weighted by atomic mass is 79.9. The van der Waals surface area contributed by atoms with Crippen molar-refractivity contribution in [2.75, 3.05) is 20.1 Å². The van der Waals surface area contributed by atoms with E-state index >= 15 is 0 Å². The van der Waals surface area contributed by atoms with Crippen LogP contribution in [0, 0.1) is 5.82 Å². The minimum Gasteiger partial charge on any atom is -0.317 e. The zero-order valence-electron chi connectivity index (χ0n) is 10.5. The third-order valence-corrected chi connectivity index (χ3v) is 4.14. The SMILES string of the molecule is CNC1CCN(Cc2ccc(F)cc2Br)CC1.Cl. The van der Waals surface area contributed by atoms with Gasteiger partial charge in [0.15, 0.2) is 0 Å². The Morgan fingerprint density at radius 2 is 2.06 bits per heavy atom. The first-order valence-corrected chi connectivity index (χ1v) is 6.82. The van der Waals surface area contributed by atoms with Crippen LogP contribution in [0.4, 0.5) is 4.39 Å². The van der Waals surface area contributed by atoms with Crippen molar-refractivity contribution in [3.8, 4) is 0 Å². The molecular weight excluding hydrogens is 319 g/mol. The topological polar surface area (TPSA) is 15.3 Å². The van der Waals surface area contributed by atoms with Crippen LogP contribution in [-0.4, -0.2) is 31.1 Å². The quantitative estimate of drug-likeness (QED) is 0.911. The van der Waals surface area contributed by atoms with Crippen LogP contribution >= 0.6 is 28.3 Å². The summed E-state index contributed by atoms with van der Waals surface area (Å²) in [5.74, 6) is -0.186. The zero-order valence-corrected chi connectivity index (χ0v) is 12.9. The fourth-order valence-corrected chi connectivity index (χ4v) is 2.75. The highest BCUT2D eigenvalue weighted by Gasteiger charge is 2.18. The average Bonchev–Trinajstić information content (AvgIpc) is 2.34. The van der Waals surface area contributed by atoms with Gasteiger partial charge in [0, 0.05) is 17.1 Å². The van der Waals surface area contributed by atoms with Gasteiger partial charge in [-0.3, -0.25) is 4.90 Å². The number of hydrogen-bond donors (Lipinski definition) is 1. The summed E-state index contributed by atoms with van der Waals surface area (Å²) in [7, 11) is 2.02. The van der Waals surface area contributed by atoms with Gasteiger partial charge in [-0.05, 0) is 50.7 Å². The summed E-state index contributed by atoms with van der Waals surface area (Å²) in [5.41, 5.74) is 1.16. The van der Waals surface area contributed by atoms with Crippen molar-refractivity contribution in [1.29, 1.82) is 0 Å². The molecule has 1 aromatic carbocycles. The van der Waals surface area contributed by atoms with E-state index in [4.69, 9.17) is 0 Å². The van der Waals surface area contributed by atoms with E-state index in [1.165, 1.54) is 25.0 Å². The van der Waals surface area contributed by atoms with E-state index in [-0.39, 0.29) is 18.2 Å². The van der Waals surface area contributed by atoms with Gasteiger partial charge in [-0.15, -0.1) is 12.4 Å². The molecule has 0 aliphatic carbocycles. The molecule has 5 heteroatoms. The third-order valence-electron chi connectivity index (χ3n) is 3.40. The van der Waals surface area contributed by atoms with Crippen molar-refractivity contribution in [3.05, 3.63) is 34.1 Å². The molecule has 1 aliphatic rings. The fraction of sp³-hybridized carbons (Fsp3) is 0.538. The first kappa shape index (κ1) is 15.9. The van der Waals surface area contributed by atoms with E-state index in [1.54, 1.807) is 0 Å². The average molecular weight is 338 g/mol. The van der Waals surface area contributed by atoms with Crippen LogP contribution in [0.1, 0.15) is 18.4 Å². The maximum Gasteiger partial charge on any atom is 0.124 e. The molecule has 1 aliphatic heterocycles. The normalized spacial score (nSPS) is 17.5. The van der Waals surface area contributed by atoms with Gasteiger partial charge in [0.05, 0.1) is 0 Å². The summed E-state index contributed by atoms with van der Waals surface area (Å²) in [6.07, 6.45) is 2.38. The molecule has 18 heavy (non-hydrogen) atoms. The first-order valence-electron chi connectivity index (χ1n) is 6.02. The third kappa shape index (κ3) is 4.19. The largest absolute Gasteiger partial charge is 0.317 e. The minimum absolute atomic E-state index is 0. The van der Waals surface area contributed by atoms with Crippen molar-refractivity contribution >= 4 is 28.3 Å². The molecule has 0 aromatic heterocycles. The zero-order chi connectivity index (χ0) is 12.3. The van der Waals surface area contributed by atoms with Gasteiger partial charge in [-0.25, -0.2) is 4.39 Å². The molecule has 0 atom stereocenters. The van der Waals surface area contributed by atoms with Crippen molar-refractivity contribution in [3.63, 3.8) is 0 Å². The van der Waals surface area contributed by atoms with Crippen LogP contribution in [0.25, 0.3) is 0 Å². The molecule has 1 saturated heterocycles. The summed E-state index contributed by atoms with van der Waals surface area (Å²) in [6.45, 7) is 3.11. The number of nitrogens with zero attached hydrogens (tertiary/aromatic N) is 1. The number of halogens is 3. The maximum absolute atomic E-state index is 13.0. The molecule has 2 nitrogen and oxygen atoms in total. The molecule has 1 N–H and O–H groups in total. The molecule has 2 rings (SSSR count). The highest BCUT2D eigenvalue weighted by Crippen LogP contribution is 2.21. The van der Waals surface area contributed by atoms with E-state index < -0.39 is 0 Å². The van der Waals surface area contributed by atoms with E-state index in [2.05, 4.69) is 26.1 Å². The van der Waals surface area contributed by atoms with Gasteiger partial charge < -0.3 is 5.32 Å². The molecular formula is C13H19BrClFN2. The second kappa shape index (κ2) is 7.43. The fourth-order valence-electron chi connectivity index (χ4n) is 2.27. The molecule has 1 fully saturated rings. The number of likely N-dealkylation sites (tertiary alicyclic amines) is 1. The summed E-state index contributed by atoms with van der Waals surface area (Å²) in [4.78, 5) is 2.42. The Morgan fingerprint density at radius 1 is 1.39 bits per heavy atom. The van der Waals surface area contributed by atoms with Crippen LogP contribution in [0.15, 0.2) is 22.7 Å². The van der Waals surface area contributed by atoms with Crippen molar-refractivity contribution < 1.29 is 4.39 Å². The molecule has 1 heterocycles. The van der Waals surface area contributed by atoms with Gasteiger partial charge in [-0.1, -0.05) is 22.0 Å². The van der Waals surface area contributed by atoms with Gasteiger partial charge in [0.25, 0.3) is 0 Å². The molecule has 1 aromatic rings. The number of hydrogen-bond acceptors (Lipinski definition) is 2. The molecule has 102 valence electrons. The summed E-state index contributed by atoms with van der Waals surface area (Å²) in [5, 5.41) is 3.32. The lowest BCUT2D eigenvalue weighted by atomic mass is 10.0. The van der Waals surface area contributed by atoms with Gasteiger partial charge in [-0.2, -0.15) is 0 Å². The number of rotatable bonds is 3. The predicted octanol–water partition coefficient (Wildman–Crippen LogP) is 3.19. The number of nitrogens with one attached hydrogen (secondary N) is 1. The van der Waals surface area contributed by atoms with Crippen LogP contribution in [0.5, 0.6) is 0 Å². The molecule has 0 unspecified atom stereocenters. The minimum atomic E-state index is -0.186. The summed E-state index contributed by atoms with van der Waals surface area (Å²) < 4.78 is 13.8. The van der Waals surface area contributed by atoms with Gasteiger partial charge >= 0.3 is 0 Å². The van der Waals surface area contributed by atoms with Crippen LogP contribution in [-0.2, 0) is 6.54 Å². The highest BCUT2D eigenvalue weighted by molar-refractivity contribution is 9.10. The number of piperidine rings is 1. The van der Waals surface area contributed by atoms with Crippen LogP contribution in [0.3, 0.4) is 0 Å². The maximum atomic E-state index is 13.0. The predicted molar refractivity (Wildman–Crippen MR) is 78.7 cm³/mol. The molecule has 0 radical (unpaired) electrons. The Kier molecular flexibility index (Phi) is 6.57. The Morgan fingerprint density at radius 3 is 2.61 bits per heavy atom. The van der Waals surface area contributed by atoms with E-state index in [0.29, 0.717) is 6.04 Å². The summed E-state index contributed by atoms with van der Waals surface area (Å²) >= 11 is 3.42. The Bertz CT molecular complexity index is 381. The lowest BCUT2D eigenvalue weighted by Gasteiger charge is -2.31. The van der Waals surface area contributed by atoms with E-state index in [0.717, 1.165) is 29.7 Å². The van der Waals surface area contributed by atoms with Gasteiger partial charge in [0.2, 0.25) is 0 Å². The summed E-state index contributed by atoms with van der Waals surface area (Å²) in [6, 6.07) is 5.59. The Hall–Kier alpha value is -0.160. The second-order valence-electron chi connectivity index (χ2n) is 4.57. The first-order chi connectivity index (χ1) is 8.19. The second-order valence-corrected chi connectivity index (χ2v) is 5.43. The lowest BCUT2D eigenvalue weighted by molar-refractivity contribution is 0.194. The van der Waals surface area contributed by atoms with Crippen molar-refractivity contribution in [2.45, 2.75) is 25.4 Å². The molecule has 0 spiro atoms. The standard InChI is InChI=1S/C13H18BrFN2.ClH/c1-16-12-4-6-17(7-5-12)9-10-2-3-11(15)8-13(10)14;/h2-3,8,12,16H,4-7,9H2,1H3;1H. The molecule has 0 bridgehead atoms. The number of benzene rings is 1. The van der Waals surface area contributed by atoms with E-state index in [9.17, 15) is 4.39 Å². The van der Waals surface area contributed by atoms with Crippen molar-refractivity contribution in [1.82, 2.24) is 10.2 Å². The monoisotopic (exact) mass is 336 g/mol. The van der Waals surface area contributed by atoms with Crippen molar-refractivity contribution in [2.24, 2.45) is 0 Å². The van der Waals surface area contributed by atoms with Crippen LogP contribution < -0.4 is 5.32 Å². The van der Waals surface area contributed by atoms with E-state index in [1.807, 2.05) is 13.1 Å². The van der Waals surface area contributed by atoms with Gasteiger partial charge in [0.1, 0.15) is 5.82 Å². The molecule has 0 amide bonds.